The van der Waals surface area contributed by atoms with Crippen molar-refractivity contribution in [3.8, 4) is 0 Å². The molecule has 2 saturated heterocycles. The average Bonchev–Trinajstić information content (AvgIpc) is 2.13. The molecule has 2 fully saturated rings. The lowest BCUT2D eigenvalue weighted by Crippen LogP contribution is -2.56. The molecule has 82 valence electrons. The molecule has 0 aromatic carbocycles. The van der Waals surface area contributed by atoms with Crippen molar-refractivity contribution in [3.63, 3.8) is 0 Å². The second-order valence-corrected chi connectivity index (χ2v) is 5.65. The lowest BCUT2D eigenvalue weighted by molar-refractivity contribution is -0.137. The Labute approximate surface area is 87.6 Å². The molecule has 0 aliphatic carbocycles. The van der Waals surface area contributed by atoms with E-state index in [0.29, 0.717) is 5.54 Å². The predicted octanol–water partition coefficient (Wildman–Crippen LogP) is 2.43. The van der Waals surface area contributed by atoms with E-state index >= 15 is 0 Å². The summed E-state index contributed by atoms with van der Waals surface area (Å²) in [5, 5.41) is 0. The maximum atomic E-state index is 6.06. The molecule has 0 amide bonds. The van der Waals surface area contributed by atoms with Gasteiger partial charge in [0.1, 0.15) is 0 Å². The van der Waals surface area contributed by atoms with Crippen molar-refractivity contribution >= 4 is 0 Å². The highest BCUT2D eigenvalue weighted by Crippen LogP contribution is 2.41. The summed E-state index contributed by atoms with van der Waals surface area (Å²) in [5.74, 6) is 0. The zero-order valence-electron chi connectivity index (χ0n) is 9.81. The number of hydrogen-bond donors (Lipinski definition) is 0. The lowest BCUT2D eigenvalue weighted by Gasteiger charge is -2.51. The molecule has 1 atom stereocenters. The quantitative estimate of drug-likeness (QED) is 0.591. The Balaban J connectivity index is 2.07. The van der Waals surface area contributed by atoms with Crippen LogP contribution in [-0.4, -0.2) is 36.2 Å². The fourth-order valence-electron chi connectivity index (χ4n) is 2.93. The molecule has 2 heterocycles. The summed E-state index contributed by atoms with van der Waals surface area (Å²) in [7, 11) is 2.23. The van der Waals surface area contributed by atoms with Gasteiger partial charge >= 0.3 is 0 Å². The Hall–Kier alpha value is -0.0800. The highest BCUT2D eigenvalue weighted by molar-refractivity contribution is 4.98. The largest absolute Gasteiger partial charge is 0.375 e. The Morgan fingerprint density at radius 1 is 1.14 bits per heavy atom. The van der Waals surface area contributed by atoms with Crippen LogP contribution in [0.4, 0.5) is 0 Å². The standard InChI is InChI=1S/C12H23NO/c1-11(2)10-12(7-8-13(11)3)6-4-5-9-14-12/h4-10H2,1-3H3. The molecular weight excluding hydrogens is 174 g/mol. The van der Waals surface area contributed by atoms with Gasteiger partial charge in [0.15, 0.2) is 0 Å². The second-order valence-electron chi connectivity index (χ2n) is 5.65. The zero-order valence-corrected chi connectivity index (χ0v) is 9.81. The molecule has 2 nitrogen and oxygen atoms in total. The first-order valence-corrected chi connectivity index (χ1v) is 5.89. The minimum atomic E-state index is 0.230. The van der Waals surface area contributed by atoms with Gasteiger partial charge in [0.2, 0.25) is 0 Å². The van der Waals surface area contributed by atoms with Crippen LogP contribution < -0.4 is 0 Å². The molecule has 2 aliphatic heterocycles. The monoisotopic (exact) mass is 197 g/mol. The molecule has 0 bridgehead atoms. The van der Waals surface area contributed by atoms with E-state index in [4.69, 9.17) is 4.74 Å². The predicted molar refractivity (Wildman–Crippen MR) is 58.5 cm³/mol. The third-order valence-electron chi connectivity index (χ3n) is 4.13. The summed E-state index contributed by atoms with van der Waals surface area (Å²) in [6, 6.07) is 0. The first kappa shape index (κ1) is 10.4. The summed E-state index contributed by atoms with van der Waals surface area (Å²) in [4.78, 5) is 2.47. The topological polar surface area (TPSA) is 12.5 Å². The number of likely N-dealkylation sites (tertiary alicyclic amines) is 1. The molecule has 2 heteroatoms. The van der Waals surface area contributed by atoms with Crippen LogP contribution in [-0.2, 0) is 4.74 Å². The minimum absolute atomic E-state index is 0.230. The van der Waals surface area contributed by atoms with E-state index in [2.05, 4.69) is 25.8 Å². The summed E-state index contributed by atoms with van der Waals surface area (Å²) in [6.45, 7) is 6.85. The van der Waals surface area contributed by atoms with Gasteiger partial charge in [-0.05, 0) is 53.0 Å². The van der Waals surface area contributed by atoms with Crippen molar-refractivity contribution in [1.29, 1.82) is 0 Å². The average molecular weight is 197 g/mol. The van der Waals surface area contributed by atoms with E-state index in [1.807, 2.05) is 0 Å². The lowest BCUT2D eigenvalue weighted by atomic mass is 9.76. The molecule has 1 unspecified atom stereocenters. The molecule has 0 saturated carbocycles. The van der Waals surface area contributed by atoms with Crippen LogP contribution in [0.1, 0.15) is 46.0 Å². The van der Waals surface area contributed by atoms with Gasteiger partial charge in [-0.15, -0.1) is 0 Å². The van der Waals surface area contributed by atoms with E-state index in [0.717, 1.165) is 6.61 Å². The number of ether oxygens (including phenoxy) is 1. The third-order valence-corrected chi connectivity index (χ3v) is 4.13. The van der Waals surface area contributed by atoms with Gasteiger partial charge < -0.3 is 9.64 Å². The van der Waals surface area contributed by atoms with Crippen LogP contribution in [0.5, 0.6) is 0 Å². The van der Waals surface area contributed by atoms with Gasteiger partial charge in [-0.25, -0.2) is 0 Å². The summed E-state index contributed by atoms with van der Waals surface area (Å²) >= 11 is 0. The number of piperidine rings is 1. The van der Waals surface area contributed by atoms with E-state index in [1.54, 1.807) is 0 Å². The Bertz CT molecular complexity index is 206. The molecule has 0 radical (unpaired) electrons. The molecule has 14 heavy (non-hydrogen) atoms. The van der Waals surface area contributed by atoms with Crippen molar-refractivity contribution in [2.45, 2.75) is 57.1 Å². The van der Waals surface area contributed by atoms with Crippen molar-refractivity contribution in [1.82, 2.24) is 4.90 Å². The molecular formula is C12H23NO. The molecule has 0 N–H and O–H groups in total. The number of rotatable bonds is 0. The van der Waals surface area contributed by atoms with Crippen LogP contribution >= 0.6 is 0 Å². The first-order chi connectivity index (χ1) is 6.54. The normalized spacial score (nSPS) is 38.8. The first-order valence-electron chi connectivity index (χ1n) is 5.89. The van der Waals surface area contributed by atoms with Crippen LogP contribution in [0.2, 0.25) is 0 Å². The second kappa shape index (κ2) is 3.49. The fourth-order valence-corrected chi connectivity index (χ4v) is 2.93. The minimum Gasteiger partial charge on any atom is -0.375 e. The fraction of sp³-hybridized carbons (Fsp3) is 1.00. The molecule has 2 aliphatic rings. The van der Waals surface area contributed by atoms with Crippen molar-refractivity contribution in [2.75, 3.05) is 20.2 Å². The molecule has 0 aromatic rings. The summed E-state index contributed by atoms with van der Waals surface area (Å²) in [5.41, 5.74) is 0.545. The van der Waals surface area contributed by atoms with Crippen molar-refractivity contribution in [3.05, 3.63) is 0 Å². The highest BCUT2D eigenvalue weighted by Gasteiger charge is 2.44. The molecule has 0 aromatic heterocycles. The van der Waals surface area contributed by atoms with Gasteiger partial charge in [-0.2, -0.15) is 0 Å². The van der Waals surface area contributed by atoms with Gasteiger partial charge in [0.05, 0.1) is 5.60 Å². The van der Waals surface area contributed by atoms with Crippen LogP contribution in [0.15, 0.2) is 0 Å². The molecule has 2 rings (SSSR count). The van der Waals surface area contributed by atoms with E-state index in [-0.39, 0.29) is 5.60 Å². The van der Waals surface area contributed by atoms with E-state index < -0.39 is 0 Å². The van der Waals surface area contributed by atoms with E-state index in [9.17, 15) is 0 Å². The van der Waals surface area contributed by atoms with Gasteiger partial charge in [0, 0.05) is 18.7 Å². The zero-order chi connectivity index (χ0) is 10.2. The third kappa shape index (κ3) is 1.82. The Morgan fingerprint density at radius 3 is 2.50 bits per heavy atom. The number of nitrogens with zero attached hydrogens (tertiary/aromatic N) is 1. The smallest absolute Gasteiger partial charge is 0.0712 e. The van der Waals surface area contributed by atoms with Gasteiger partial charge in [-0.3, -0.25) is 0 Å². The SMILES string of the molecule is CN1CCC2(CCCCO2)CC1(C)C. The Kier molecular flexibility index (Phi) is 2.61. The summed E-state index contributed by atoms with van der Waals surface area (Å²) < 4.78 is 6.06. The highest BCUT2D eigenvalue weighted by atomic mass is 16.5. The summed E-state index contributed by atoms with van der Waals surface area (Å²) in [6.07, 6.45) is 6.34. The maximum absolute atomic E-state index is 6.06. The van der Waals surface area contributed by atoms with E-state index in [1.165, 1.54) is 38.6 Å². The van der Waals surface area contributed by atoms with Crippen LogP contribution in [0.3, 0.4) is 0 Å². The van der Waals surface area contributed by atoms with Crippen LogP contribution in [0.25, 0.3) is 0 Å². The number of hydrogen-bond acceptors (Lipinski definition) is 2. The van der Waals surface area contributed by atoms with Gasteiger partial charge in [0.25, 0.3) is 0 Å². The maximum Gasteiger partial charge on any atom is 0.0712 e. The van der Waals surface area contributed by atoms with Crippen LogP contribution in [0, 0.1) is 0 Å². The Morgan fingerprint density at radius 2 is 1.93 bits per heavy atom. The molecule has 1 spiro atoms. The van der Waals surface area contributed by atoms with Crippen molar-refractivity contribution < 1.29 is 4.74 Å². The van der Waals surface area contributed by atoms with Crippen molar-refractivity contribution in [2.24, 2.45) is 0 Å². The van der Waals surface area contributed by atoms with Gasteiger partial charge in [-0.1, -0.05) is 0 Å².